The average Bonchev–Trinajstić information content (AvgIpc) is 2.72. The van der Waals surface area contributed by atoms with Gasteiger partial charge in [-0.1, -0.05) is 22.4 Å². The van der Waals surface area contributed by atoms with Gasteiger partial charge in [0.15, 0.2) is 0 Å². The van der Waals surface area contributed by atoms with E-state index in [0.29, 0.717) is 6.04 Å². The van der Waals surface area contributed by atoms with E-state index in [0.717, 1.165) is 10.1 Å². The molecule has 1 fully saturated rings. The monoisotopic (exact) mass is 293 g/mol. The first kappa shape index (κ1) is 11.2. The number of fused-ring (bicyclic) bond motifs is 1. The molecule has 90 valence electrons. The highest BCUT2D eigenvalue weighted by Gasteiger charge is 2.22. The summed E-state index contributed by atoms with van der Waals surface area (Å²) in [5, 5.41) is 0. The van der Waals surface area contributed by atoms with Gasteiger partial charge in [0.1, 0.15) is 5.65 Å². The fraction of sp³-hybridized carbons (Fsp3) is 0.462. The number of nitrogens with zero attached hydrogens (tertiary/aromatic N) is 3. The van der Waals surface area contributed by atoms with Crippen molar-refractivity contribution in [2.45, 2.75) is 25.3 Å². The zero-order valence-corrected chi connectivity index (χ0v) is 11.5. The van der Waals surface area contributed by atoms with Crippen LogP contribution in [-0.2, 0) is 0 Å². The maximum Gasteiger partial charge on any atom is 0.138 e. The second-order valence-electron chi connectivity index (χ2n) is 4.77. The first-order chi connectivity index (χ1) is 8.24. The largest absolute Gasteiger partial charge is 0.307 e. The van der Waals surface area contributed by atoms with Crippen molar-refractivity contribution in [3.8, 4) is 0 Å². The summed E-state index contributed by atoms with van der Waals surface area (Å²) in [6.45, 7) is 1.18. The van der Waals surface area contributed by atoms with Crippen LogP contribution in [0.25, 0.3) is 5.65 Å². The predicted molar refractivity (Wildman–Crippen MR) is 72.1 cm³/mol. The summed E-state index contributed by atoms with van der Waals surface area (Å²) in [5.74, 6) is 0. The molecule has 0 saturated carbocycles. The van der Waals surface area contributed by atoms with Crippen LogP contribution in [-0.4, -0.2) is 27.9 Å². The van der Waals surface area contributed by atoms with Crippen molar-refractivity contribution in [1.29, 1.82) is 0 Å². The molecule has 0 spiro atoms. The van der Waals surface area contributed by atoms with Crippen LogP contribution in [0.4, 0.5) is 0 Å². The smallest absolute Gasteiger partial charge is 0.138 e. The number of hydrogen-bond acceptors (Lipinski definition) is 2. The summed E-state index contributed by atoms with van der Waals surface area (Å²) >= 11 is 3.49. The summed E-state index contributed by atoms with van der Waals surface area (Å²) in [5.41, 5.74) is 2.22. The van der Waals surface area contributed by atoms with Gasteiger partial charge in [-0.05, 0) is 38.6 Å². The summed E-state index contributed by atoms with van der Waals surface area (Å²) in [7, 11) is 2.20. The fourth-order valence-electron chi connectivity index (χ4n) is 2.59. The van der Waals surface area contributed by atoms with Crippen LogP contribution < -0.4 is 0 Å². The Labute approximate surface area is 110 Å². The van der Waals surface area contributed by atoms with Gasteiger partial charge in [0.2, 0.25) is 0 Å². The molecule has 0 amide bonds. The van der Waals surface area contributed by atoms with E-state index in [9.17, 15) is 0 Å². The molecular weight excluding hydrogens is 278 g/mol. The van der Waals surface area contributed by atoms with E-state index in [-0.39, 0.29) is 0 Å². The van der Waals surface area contributed by atoms with Crippen LogP contribution in [0, 0.1) is 0 Å². The lowest BCUT2D eigenvalue weighted by Crippen LogP contribution is -2.29. The van der Waals surface area contributed by atoms with Crippen LogP contribution in [0.15, 0.2) is 29.0 Å². The molecule has 1 saturated heterocycles. The third-order valence-electron chi connectivity index (χ3n) is 3.55. The molecule has 0 aromatic carbocycles. The normalized spacial score (nSPS) is 22.1. The lowest BCUT2D eigenvalue weighted by Gasteiger charge is -2.31. The van der Waals surface area contributed by atoms with Gasteiger partial charge in [-0.25, -0.2) is 4.98 Å². The van der Waals surface area contributed by atoms with E-state index in [1.165, 1.54) is 31.5 Å². The summed E-state index contributed by atoms with van der Waals surface area (Å²) < 4.78 is 3.18. The predicted octanol–water partition coefficient (Wildman–Crippen LogP) is 3.25. The molecule has 0 N–H and O–H groups in total. The molecule has 3 rings (SSSR count). The highest BCUT2D eigenvalue weighted by molar-refractivity contribution is 9.10. The number of aromatic nitrogens is 2. The Kier molecular flexibility index (Phi) is 2.92. The molecule has 1 unspecified atom stereocenters. The summed E-state index contributed by atoms with van der Waals surface area (Å²) in [4.78, 5) is 7.16. The lowest BCUT2D eigenvalue weighted by atomic mass is 10.0. The molecule has 0 radical (unpaired) electrons. The number of imidazole rings is 1. The summed E-state index contributed by atoms with van der Waals surface area (Å²) in [6.07, 6.45) is 8.06. The van der Waals surface area contributed by atoms with Gasteiger partial charge in [0.25, 0.3) is 0 Å². The molecule has 2 aromatic heterocycles. The zero-order valence-electron chi connectivity index (χ0n) is 9.93. The van der Waals surface area contributed by atoms with E-state index in [1.54, 1.807) is 0 Å². The number of rotatable bonds is 1. The van der Waals surface area contributed by atoms with Crippen LogP contribution >= 0.6 is 15.9 Å². The maximum atomic E-state index is 4.74. The van der Waals surface area contributed by atoms with Crippen molar-refractivity contribution in [2.75, 3.05) is 13.6 Å². The third kappa shape index (κ3) is 2.11. The van der Waals surface area contributed by atoms with Crippen molar-refractivity contribution >= 4 is 21.6 Å². The number of halogens is 1. The molecule has 0 bridgehead atoms. The molecule has 1 aliphatic rings. The van der Waals surface area contributed by atoms with Crippen LogP contribution in [0.3, 0.4) is 0 Å². The summed E-state index contributed by atoms with van der Waals surface area (Å²) in [6, 6.07) is 4.59. The Morgan fingerprint density at radius 3 is 3.12 bits per heavy atom. The first-order valence-electron chi connectivity index (χ1n) is 6.08. The molecule has 4 heteroatoms. The van der Waals surface area contributed by atoms with E-state index in [2.05, 4.69) is 50.7 Å². The molecular formula is C13H16BrN3. The second-order valence-corrected chi connectivity index (χ2v) is 5.68. The molecule has 1 atom stereocenters. The Hall–Kier alpha value is -0.870. The number of hydrogen-bond donors (Lipinski definition) is 0. The molecule has 3 nitrogen and oxygen atoms in total. The topological polar surface area (TPSA) is 20.5 Å². The SMILES string of the molecule is CN1CCCCC1c1cn2ccc(Br)cc2n1. The zero-order chi connectivity index (χ0) is 11.8. The first-order valence-corrected chi connectivity index (χ1v) is 6.88. The van der Waals surface area contributed by atoms with Gasteiger partial charge < -0.3 is 4.40 Å². The van der Waals surface area contributed by atoms with Gasteiger partial charge in [-0.15, -0.1) is 0 Å². The maximum absolute atomic E-state index is 4.74. The highest BCUT2D eigenvalue weighted by Crippen LogP contribution is 2.29. The van der Waals surface area contributed by atoms with Crippen molar-refractivity contribution in [1.82, 2.24) is 14.3 Å². The highest BCUT2D eigenvalue weighted by atomic mass is 79.9. The number of likely N-dealkylation sites (tertiary alicyclic amines) is 1. The van der Waals surface area contributed by atoms with Crippen LogP contribution in [0.2, 0.25) is 0 Å². The van der Waals surface area contributed by atoms with E-state index < -0.39 is 0 Å². The van der Waals surface area contributed by atoms with Gasteiger partial charge in [-0.3, -0.25) is 4.90 Å². The Morgan fingerprint density at radius 1 is 1.41 bits per heavy atom. The number of piperidine rings is 1. The van der Waals surface area contributed by atoms with Gasteiger partial charge in [0.05, 0.1) is 11.7 Å². The molecule has 0 aliphatic carbocycles. The third-order valence-corrected chi connectivity index (χ3v) is 4.05. The van der Waals surface area contributed by atoms with Crippen LogP contribution in [0.5, 0.6) is 0 Å². The van der Waals surface area contributed by atoms with Crippen molar-refractivity contribution < 1.29 is 0 Å². The van der Waals surface area contributed by atoms with Crippen molar-refractivity contribution in [3.05, 3.63) is 34.7 Å². The van der Waals surface area contributed by atoms with Crippen molar-refractivity contribution in [3.63, 3.8) is 0 Å². The van der Waals surface area contributed by atoms with Gasteiger partial charge in [0, 0.05) is 16.9 Å². The van der Waals surface area contributed by atoms with Gasteiger partial charge >= 0.3 is 0 Å². The van der Waals surface area contributed by atoms with E-state index >= 15 is 0 Å². The van der Waals surface area contributed by atoms with E-state index in [1.807, 2.05) is 6.07 Å². The lowest BCUT2D eigenvalue weighted by molar-refractivity contribution is 0.184. The molecule has 2 aromatic rings. The van der Waals surface area contributed by atoms with Crippen LogP contribution in [0.1, 0.15) is 31.0 Å². The number of pyridine rings is 1. The van der Waals surface area contributed by atoms with Gasteiger partial charge in [-0.2, -0.15) is 0 Å². The minimum Gasteiger partial charge on any atom is -0.307 e. The second kappa shape index (κ2) is 4.42. The van der Waals surface area contributed by atoms with E-state index in [4.69, 9.17) is 4.98 Å². The molecule has 17 heavy (non-hydrogen) atoms. The Morgan fingerprint density at radius 2 is 2.29 bits per heavy atom. The molecule has 1 aliphatic heterocycles. The average molecular weight is 294 g/mol. The minimum atomic E-state index is 0.488. The minimum absolute atomic E-state index is 0.488. The Bertz CT molecular complexity index is 534. The molecule has 3 heterocycles. The Balaban J connectivity index is 1.99. The quantitative estimate of drug-likeness (QED) is 0.805. The standard InChI is InChI=1S/C13H16BrN3/c1-16-6-3-2-4-12(16)11-9-17-7-5-10(14)8-13(17)15-11/h5,7-9,12H,2-4,6H2,1H3. The fourth-order valence-corrected chi connectivity index (χ4v) is 2.91. The van der Waals surface area contributed by atoms with Crippen molar-refractivity contribution in [2.24, 2.45) is 0 Å².